The average Bonchev–Trinajstić information content (AvgIpc) is 3.24. The number of allylic oxidation sites excluding steroid dienone is 4. The molecule has 0 fully saturated rings. The molecule has 0 aliphatic carbocycles. The molecule has 0 aliphatic rings. The van der Waals surface area contributed by atoms with Crippen molar-refractivity contribution >= 4 is 13.7 Å². The van der Waals surface area contributed by atoms with E-state index in [1.54, 1.807) is 0 Å². The van der Waals surface area contributed by atoms with Gasteiger partial charge >= 0.3 is 7.82 Å². The van der Waals surface area contributed by atoms with Crippen LogP contribution in [0.15, 0.2) is 24.3 Å². The van der Waals surface area contributed by atoms with Crippen molar-refractivity contribution in [2.75, 3.05) is 40.9 Å². The van der Waals surface area contributed by atoms with Crippen molar-refractivity contribution in [3.8, 4) is 0 Å². The van der Waals surface area contributed by atoms with Gasteiger partial charge in [-0.15, -0.1) is 0 Å². The monoisotopic (exact) mass is 912 g/mol. The predicted molar refractivity (Wildman–Crippen MR) is 272 cm³/mol. The third-order valence-electron chi connectivity index (χ3n) is 12.5. The summed E-state index contributed by atoms with van der Waals surface area (Å²) in [6.45, 7) is 4.89. The molecule has 0 saturated carbocycles. The zero-order valence-electron chi connectivity index (χ0n) is 42.6. The van der Waals surface area contributed by atoms with Crippen molar-refractivity contribution in [3.05, 3.63) is 24.3 Å². The Labute approximate surface area is 392 Å². The molecule has 0 bridgehead atoms. The lowest BCUT2D eigenvalue weighted by molar-refractivity contribution is -0.870. The molecule has 0 spiro atoms. The van der Waals surface area contributed by atoms with Crippen LogP contribution in [0.4, 0.5) is 0 Å². The summed E-state index contributed by atoms with van der Waals surface area (Å²) in [7, 11) is 1.62. The van der Waals surface area contributed by atoms with Gasteiger partial charge in [-0.05, 0) is 38.5 Å². The van der Waals surface area contributed by atoms with Crippen LogP contribution in [0, 0.1) is 0 Å². The molecule has 0 saturated heterocycles. The molecule has 0 aromatic carbocycles. The van der Waals surface area contributed by atoms with E-state index in [0.717, 1.165) is 38.5 Å². The van der Waals surface area contributed by atoms with Crippen LogP contribution in [0.1, 0.15) is 264 Å². The lowest BCUT2D eigenvalue weighted by Gasteiger charge is -2.26. The maximum Gasteiger partial charge on any atom is 0.472 e. The summed E-state index contributed by atoms with van der Waals surface area (Å²) in [5.74, 6) is -0.145. The van der Waals surface area contributed by atoms with Crippen molar-refractivity contribution in [2.24, 2.45) is 0 Å². The first-order chi connectivity index (χ1) is 30.5. The molecule has 8 nitrogen and oxygen atoms in total. The van der Waals surface area contributed by atoms with Crippen LogP contribution in [-0.4, -0.2) is 73.4 Å². The van der Waals surface area contributed by atoms with E-state index in [0.29, 0.717) is 23.9 Å². The minimum Gasteiger partial charge on any atom is -0.391 e. The van der Waals surface area contributed by atoms with Crippen LogP contribution in [0.5, 0.6) is 0 Å². The van der Waals surface area contributed by atoms with Gasteiger partial charge in [-0.1, -0.05) is 244 Å². The number of phosphoric acid groups is 1. The van der Waals surface area contributed by atoms with Crippen molar-refractivity contribution in [1.82, 2.24) is 5.32 Å². The summed E-state index contributed by atoms with van der Waals surface area (Å²) in [4.78, 5) is 23.3. The highest BCUT2D eigenvalue weighted by Crippen LogP contribution is 2.43. The largest absolute Gasteiger partial charge is 0.472 e. The Bertz CT molecular complexity index is 1080. The smallest absolute Gasteiger partial charge is 0.391 e. The summed E-state index contributed by atoms with van der Waals surface area (Å²) < 4.78 is 23.8. The van der Waals surface area contributed by atoms with Gasteiger partial charge in [0.2, 0.25) is 5.91 Å². The Balaban J connectivity index is 4.20. The third kappa shape index (κ3) is 48.7. The van der Waals surface area contributed by atoms with Crippen LogP contribution in [-0.2, 0) is 18.4 Å². The van der Waals surface area contributed by atoms with E-state index in [4.69, 9.17) is 9.05 Å². The molecule has 0 aliphatic heterocycles. The fraction of sp³-hybridized carbons (Fsp3) is 0.907. The number of nitrogens with zero attached hydrogens (tertiary/aromatic N) is 1. The van der Waals surface area contributed by atoms with E-state index in [2.05, 4.69) is 43.5 Å². The topological polar surface area (TPSA) is 105 Å². The van der Waals surface area contributed by atoms with Gasteiger partial charge in [0.25, 0.3) is 0 Å². The maximum atomic E-state index is 13.0. The molecule has 0 rings (SSSR count). The van der Waals surface area contributed by atoms with Crippen LogP contribution in [0.3, 0.4) is 0 Å². The number of hydrogen-bond donors (Lipinski definition) is 3. The number of likely N-dealkylation sites (N-methyl/N-ethyl adjacent to an activating group) is 1. The first-order valence-corrected chi connectivity index (χ1v) is 28.7. The number of unbranched alkanes of at least 4 members (excludes halogenated alkanes) is 34. The number of carbonyl (C=O) groups is 1. The van der Waals surface area contributed by atoms with Gasteiger partial charge in [0.1, 0.15) is 13.2 Å². The third-order valence-corrected chi connectivity index (χ3v) is 13.5. The highest BCUT2D eigenvalue weighted by Gasteiger charge is 2.28. The number of quaternary nitrogens is 1. The van der Waals surface area contributed by atoms with Gasteiger partial charge < -0.3 is 19.8 Å². The van der Waals surface area contributed by atoms with Crippen LogP contribution < -0.4 is 5.32 Å². The zero-order valence-corrected chi connectivity index (χ0v) is 43.5. The Hall–Kier alpha value is -1.02. The molecule has 63 heavy (non-hydrogen) atoms. The van der Waals surface area contributed by atoms with Crippen molar-refractivity contribution < 1.29 is 32.9 Å². The standard InChI is InChI=1S/C54H107N2O6P/c1-6-8-10-12-14-16-18-20-22-24-26-27-28-30-31-33-35-37-39-41-43-45-47-53(57)52(51-62-63(59,60)61-50-49-56(3,4)5)55-54(58)48-46-44-42-40-38-36-34-32-29-25-23-21-19-17-15-13-11-9-7-2/h15,17,19,21,52-53,57H,6-14,16,18,20,22-51H2,1-5H3,(H-,55,58,59,60)/p+1/b17-15-,21-19-. The first-order valence-electron chi connectivity index (χ1n) is 27.2. The average molecular weight is 912 g/mol. The second kappa shape index (κ2) is 46.1. The number of amides is 1. The molecule has 0 radical (unpaired) electrons. The molecule has 0 aromatic rings. The van der Waals surface area contributed by atoms with Crippen molar-refractivity contribution in [1.29, 1.82) is 0 Å². The van der Waals surface area contributed by atoms with Crippen LogP contribution in [0.25, 0.3) is 0 Å². The molecule has 374 valence electrons. The minimum absolute atomic E-state index is 0.0751. The number of aliphatic hydroxyl groups is 1. The normalized spacial score (nSPS) is 14.2. The highest BCUT2D eigenvalue weighted by molar-refractivity contribution is 7.47. The van der Waals surface area contributed by atoms with E-state index in [1.807, 2.05) is 21.1 Å². The minimum atomic E-state index is -4.32. The fourth-order valence-electron chi connectivity index (χ4n) is 8.16. The quantitative estimate of drug-likeness (QED) is 0.0243. The highest BCUT2D eigenvalue weighted by atomic mass is 31.2. The maximum absolute atomic E-state index is 13.0. The van der Waals surface area contributed by atoms with Gasteiger partial charge in [0.05, 0.1) is 39.9 Å². The number of hydrogen-bond acceptors (Lipinski definition) is 5. The number of rotatable bonds is 50. The number of phosphoric ester groups is 1. The van der Waals surface area contributed by atoms with Gasteiger partial charge in [-0.2, -0.15) is 0 Å². The van der Waals surface area contributed by atoms with E-state index in [9.17, 15) is 19.4 Å². The molecular weight excluding hydrogens is 804 g/mol. The lowest BCUT2D eigenvalue weighted by atomic mass is 10.0. The van der Waals surface area contributed by atoms with Gasteiger partial charge in [-0.25, -0.2) is 4.57 Å². The molecule has 3 unspecified atom stereocenters. The summed E-state index contributed by atoms with van der Waals surface area (Å²) in [6.07, 6.45) is 56.4. The second-order valence-electron chi connectivity index (χ2n) is 20.0. The fourth-order valence-corrected chi connectivity index (χ4v) is 8.89. The van der Waals surface area contributed by atoms with E-state index in [1.165, 1.54) is 199 Å². The van der Waals surface area contributed by atoms with Crippen molar-refractivity contribution in [2.45, 2.75) is 276 Å². The summed E-state index contributed by atoms with van der Waals surface area (Å²) in [5.41, 5.74) is 0. The Morgan fingerprint density at radius 3 is 1.30 bits per heavy atom. The molecule has 3 atom stereocenters. The Morgan fingerprint density at radius 1 is 0.540 bits per heavy atom. The second-order valence-corrected chi connectivity index (χ2v) is 21.4. The predicted octanol–water partition coefficient (Wildman–Crippen LogP) is 16.0. The Morgan fingerprint density at radius 2 is 0.889 bits per heavy atom. The van der Waals surface area contributed by atoms with Gasteiger partial charge in [0.15, 0.2) is 0 Å². The van der Waals surface area contributed by atoms with Crippen LogP contribution >= 0.6 is 7.82 Å². The summed E-state index contributed by atoms with van der Waals surface area (Å²) in [5, 5.41) is 14.1. The van der Waals surface area contributed by atoms with Gasteiger partial charge in [0, 0.05) is 6.42 Å². The lowest BCUT2D eigenvalue weighted by Crippen LogP contribution is -2.46. The number of aliphatic hydroxyl groups excluding tert-OH is 1. The van der Waals surface area contributed by atoms with Gasteiger partial charge in [-0.3, -0.25) is 13.8 Å². The molecule has 0 aromatic heterocycles. The first kappa shape index (κ1) is 62.0. The number of nitrogens with one attached hydrogen (secondary N) is 1. The SMILES string of the molecule is CCCCC/C=C\C=C/CCCCCCCCCCCCC(=O)NC(COP(=O)(O)OCC[N+](C)(C)C)C(O)CCCCCCCCCCCCCCCCCCCCCCCC. The Kier molecular flexibility index (Phi) is 45.4. The molecule has 0 heterocycles. The van der Waals surface area contributed by atoms with E-state index < -0.39 is 20.0 Å². The number of carbonyl (C=O) groups excluding carboxylic acids is 1. The zero-order chi connectivity index (χ0) is 46.4. The molecule has 9 heteroatoms. The van der Waals surface area contributed by atoms with Crippen molar-refractivity contribution in [3.63, 3.8) is 0 Å². The summed E-state index contributed by atoms with van der Waals surface area (Å²) in [6, 6.07) is -0.761. The molecular formula is C54H108N2O6P+. The van der Waals surface area contributed by atoms with E-state index >= 15 is 0 Å². The molecule has 3 N–H and O–H groups in total. The molecule has 1 amide bonds. The van der Waals surface area contributed by atoms with Crippen LogP contribution in [0.2, 0.25) is 0 Å². The summed E-state index contributed by atoms with van der Waals surface area (Å²) >= 11 is 0. The van der Waals surface area contributed by atoms with E-state index in [-0.39, 0.29) is 19.1 Å².